The van der Waals surface area contributed by atoms with E-state index in [0.717, 1.165) is 12.8 Å². The van der Waals surface area contributed by atoms with E-state index in [9.17, 15) is 14.4 Å². The van der Waals surface area contributed by atoms with Crippen LogP contribution >= 0.6 is 0 Å². The highest BCUT2D eigenvalue weighted by Gasteiger charge is 2.31. The van der Waals surface area contributed by atoms with Crippen LogP contribution < -0.4 is 16.9 Å². The lowest BCUT2D eigenvalue weighted by atomic mass is 9.90. The lowest BCUT2D eigenvalue weighted by Crippen LogP contribution is -2.51. The first-order chi connectivity index (χ1) is 11.0. The van der Waals surface area contributed by atoms with Gasteiger partial charge < -0.3 is 20.6 Å². The van der Waals surface area contributed by atoms with Crippen LogP contribution in [0, 0.1) is 5.92 Å². The Morgan fingerprint density at radius 3 is 2.65 bits per heavy atom. The van der Waals surface area contributed by atoms with Crippen LogP contribution in [0.1, 0.15) is 30.1 Å². The third-order valence-electron chi connectivity index (χ3n) is 4.59. The van der Waals surface area contributed by atoms with Crippen molar-refractivity contribution in [2.75, 3.05) is 13.1 Å². The smallest absolute Gasteiger partial charge is 0.314 e. The van der Waals surface area contributed by atoms with Crippen LogP contribution in [0.5, 0.6) is 0 Å². The third kappa shape index (κ3) is 2.79. The fourth-order valence-electron chi connectivity index (χ4n) is 3.27. The zero-order chi connectivity index (χ0) is 16.6. The number of amides is 1. The molecule has 1 saturated heterocycles. The van der Waals surface area contributed by atoms with Crippen molar-refractivity contribution in [1.82, 2.24) is 14.9 Å². The van der Waals surface area contributed by atoms with Crippen molar-refractivity contribution in [2.24, 2.45) is 11.7 Å². The lowest BCUT2D eigenvalue weighted by Gasteiger charge is -2.39. The highest BCUT2D eigenvalue weighted by atomic mass is 16.2. The Morgan fingerprint density at radius 1 is 1.26 bits per heavy atom. The second-order valence-corrected chi connectivity index (χ2v) is 6.09. The Balaban J connectivity index is 1.98. The number of likely N-dealkylation sites (tertiary alicyclic amines) is 1. The van der Waals surface area contributed by atoms with Crippen LogP contribution in [0.15, 0.2) is 27.8 Å². The second kappa shape index (κ2) is 6.00. The van der Waals surface area contributed by atoms with Crippen LogP contribution in [0.4, 0.5) is 0 Å². The van der Waals surface area contributed by atoms with E-state index in [2.05, 4.69) is 16.9 Å². The largest absolute Gasteiger partial charge is 0.334 e. The Labute approximate surface area is 132 Å². The van der Waals surface area contributed by atoms with Crippen LogP contribution in [0.2, 0.25) is 0 Å². The van der Waals surface area contributed by atoms with E-state index in [1.807, 2.05) is 4.90 Å². The van der Waals surface area contributed by atoms with Crippen molar-refractivity contribution in [3.8, 4) is 0 Å². The van der Waals surface area contributed by atoms with Gasteiger partial charge in [0.1, 0.15) is 0 Å². The maximum absolute atomic E-state index is 12.8. The number of carbonyl (C=O) groups excluding carboxylic acids is 1. The second-order valence-electron chi connectivity index (χ2n) is 6.09. The SMILES string of the molecule is CC1CCCN(C(=O)c2ccc3[nH]c(=O)c(=O)[nH]c3c2)C1CN. The molecule has 0 aliphatic carbocycles. The van der Waals surface area contributed by atoms with Crippen molar-refractivity contribution in [3.63, 3.8) is 0 Å². The van der Waals surface area contributed by atoms with Gasteiger partial charge in [-0.2, -0.15) is 0 Å². The molecule has 1 aliphatic rings. The van der Waals surface area contributed by atoms with Gasteiger partial charge >= 0.3 is 11.1 Å². The summed E-state index contributed by atoms with van der Waals surface area (Å²) in [6.45, 7) is 3.23. The summed E-state index contributed by atoms with van der Waals surface area (Å²) in [4.78, 5) is 42.4. The van der Waals surface area contributed by atoms with Crippen LogP contribution in [0.3, 0.4) is 0 Å². The number of fused-ring (bicyclic) bond motifs is 1. The van der Waals surface area contributed by atoms with Crippen molar-refractivity contribution in [2.45, 2.75) is 25.8 Å². The van der Waals surface area contributed by atoms with E-state index in [-0.39, 0.29) is 11.9 Å². The average molecular weight is 316 g/mol. The van der Waals surface area contributed by atoms with Crippen molar-refractivity contribution >= 4 is 16.9 Å². The summed E-state index contributed by atoms with van der Waals surface area (Å²) in [5.74, 6) is 0.273. The Bertz CT molecular complexity index is 854. The quantitative estimate of drug-likeness (QED) is 0.697. The van der Waals surface area contributed by atoms with E-state index in [4.69, 9.17) is 5.73 Å². The molecule has 0 spiro atoms. The van der Waals surface area contributed by atoms with Crippen LogP contribution in [-0.4, -0.2) is 39.9 Å². The standard InChI is InChI=1S/C16H20N4O3/c1-9-3-2-6-20(13(9)8-17)16(23)10-4-5-11-12(7-10)19-15(22)14(21)18-11/h4-5,7,9,13H,2-3,6,8,17H2,1H3,(H,18,21)(H,19,22). The molecule has 7 heteroatoms. The molecule has 4 N–H and O–H groups in total. The normalized spacial score (nSPS) is 21.6. The molecule has 7 nitrogen and oxygen atoms in total. The van der Waals surface area contributed by atoms with Gasteiger partial charge in [0.2, 0.25) is 0 Å². The average Bonchev–Trinajstić information content (AvgIpc) is 2.54. The summed E-state index contributed by atoms with van der Waals surface area (Å²) in [5.41, 5.74) is 5.83. The molecule has 2 heterocycles. The molecule has 2 atom stereocenters. The summed E-state index contributed by atoms with van der Waals surface area (Å²) in [7, 11) is 0. The molecule has 2 unspecified atom stereocenters. The van der Waals surface area contributed by atoms with Crippen molar-refractivity contribution < 1.29 is 4.79 Å². The van der Waals surface area contributed by atoms with Crippen LogP contribution in [0.25, 0.3) is 11.0 Å². The minimum atomic E-state index is -0.728. The Morgan fingerprint density at radius 2 is 1.96 bits per heavy atom. The zero-order valence-corrected chi connectivity index (χ0v) is 13.0. The van der Waals surface area contributed by atoms with E-state index in [1.54, 1.807) is 18.2 Å². The minimum Gasteiger partial charge on any atom is -0.334 e. The van der Waals surface area contributed by atoms with Gasteiger partial charge in [-0.1, -0.05) is 6.92 Å². The fraction of sp³-hybridized carbons (Fsp3) is 0.438. The highest BCUT2D eigenvalue weighted by molar-refractivity contribution is 5.97. The van der Waals surface area contributed by atoms with E-state index >= 15 is 0 Å². The monoisotopic (exact) mass is 316 g/mol. The van der Waals surface area contributed by atoms with Crippen LogP contribution in [-0.2, 0) is 0 Å². The number of nitrogens with one attached hydrogen (secondary N) is 2. The Kier molecular flexibility index (Phi) is 4.04. The molecule has 0 saturated carbocycles. The van der Waals surface area contributed by atoms with E-state index in [1.165, 1.54) is 0 Å². The van der Waals surface area contributed by atoms with Gasteiger partial charge in [-0.3, -0.25) is 14.4 Å². The summed E-state index contributed by atoms with van der Waals surface area (Å²) >= 11 is 0. The number of piperidine rings is 1. The number of rotatable bonds is 2. The Hall–Kier alpha value is -2.41. The number of H-pyrrole nitrogens is 2. The molecule has 23 heavy (non-hydrogen) atoms. The molecule has 1 aliphatic heterocycles. The van der Waals surface area contributed by atoms with Gasteiger partial charge in [-0.15, -0.1) is 0 Å². The summed E-state index contributed by atoms with van der Waals surface area (Å²) < 4.78 is 0. The van der Waals surface area contributed by atoms with Gasteiger partial charge in [0, 0.05) is 24.7 Å². The maximum atomic E-state index is 12.8. The molecular formula is C16H20N4O3. The third-order valence-corrected chi connectivity index (χ3v) is 4.59. The molecule has 3 rings (SSSR count). The molecular weight excluding hydrogens is 296 g/mol. The van der Waals surface area contributed by atoms with Crippen molar-refractivity contribution in [1.29, 1.82) is 0 Å². The first-order valence-electron chi connectivity index (χ1n) is 7.78. The van der Waals surface area contributed by atoms with Gasteiger partial charge in [0.25, 0.3) is 5.91 Å². The molecule has 122 valence electrons. The van der Waals surface area contributed by atoms with E-state index in [0.29, 0.717) is 35.6 Å². The predicted octanol–water partition coefficient (Wildman–Crippen LogP) is 0.416. The number of carbonyl (C=O) groups is 1. The first-order valence-corrected chi connectivity index (χ1v) is 7.78. The van der Waals surface area contributed by atoms with Gasteiger partial charge in [0.15, 0.2) is 0 Å². The molecule has 1 fully saturated rings. The van der Waals surface area contributed by atoms with Gasteiger partial charge in [0.05, 0.1) is 11.0 Å². The maximum Gasteiger partial charge on any atom is 0.314 e. The number of nitrogens with two attached hydrogens (primary N) is 1. The molecule has 1 aromatic heterocycles. The number of nitrogens with zero attached hydrogens (tertiary/aromatic N) is 1. The topological polar surface area (TPSA) is 112 Å². The molecule has 1 aromatic carbocycles. The minimum absolute atomic E-state index is 0.0292. The predicted molar refractivity (Wildman–Crippen MR) is 87.5 cm³/mol. The lowest BCUT2D eigenvalue weighted by molar-refractivity contribution is 0.0532. The molecule has 2 aromatic rings. The molecule has 0 radical (unpaired) electrons. The first kappa shape index (κ1) is 15.5. The summed E-state index contributed by atoms with van der Waals surface area (Å²) in [6, 6.07) is 4.92. The molecule has 1 amide bonds. The van der Waals surface area contributed by atoms with Gasteiger partial charge in [-0.25, -0.2) is 0 Å². The summed E-state index contributed by atoms with van der Waals surface area (Å²) in [5, 5.41) is 0. The zero-order valence-electron chi connectivity index (χ0n) is 13.0. The van der Waals surface area contributed by atoms with E-state index < -0.39 is 11.1 Å². The number of aromatic amines is 2. The van der Waals surface area contributed by atoms with Gasteiger partial charge in [-0.05, 0) is 37.0 Å². The molecule has 0 bridgehead atoms. The number of hydrogen-bond acceptors (Lipinski definition) is 4. The summed E-state index contributed by atoms with van der Waals surface area (Å²) in [6.07, 6.45) is 2.03. The number of benzene rings is 1. The number of hydrogen-bond donors (Lipinski definition) is 3. The fourth-order valence-corrected chi connectivity index (χ4v) is 3.27. The highest BCUT2D eigenvalue weighted by Crippen LogP contribution is 2.24. The van der Waals surface area contributed by atoms with Crippen molar-refractivity contribution in [3.05, 3.63) is 44.5 Å². The number of aromatic nitrogens is 2.